The number of benzene rings is 2. The molecule has 0 saturated carbocycles. The van der Waals surface area contributed by atoms with Gasteiger partial charge in [-0.2, -0.15) is 0 Å². The van der Waals surface area contributed by atoms with Crippen molar-refractivity contribution in [2.45, 2.75) is 26.2 Å². The number of nitrogens with zero attached hydrogens (tertiary/aromatic N) is 2. The number of non-ortho nitro benzene ring substituents is 1. The van der Waals surface area contributed by atoms with Crippen LogP contribution in [0.4, 0.5) is 5.69 Å². The fraction of sp³-hybridized carbons (Fsp3) is 0.207. The highest BCUT2D eigenvalue weighted by atomic mass is 16.6. The van der Waals surface area contributed by atoms with E-state index in [1.165, 1.54) is 25.3 Å². The minimum Gasteiger partial charge on any atom is -0.466 e. The number of H-pyrrole nitrogens is 1. The molecule has 0 spiro atoms. The van der Waals surface area contributed by atoms with Crippen LogP contribution in [0.25, 0.3) is 6.08 Å². The standard InChI is InChI=1S/C29H28N4O6/c1-18-25(28(34)38-3)27(22-7-4-8-23(17-22)33(36)37)26(19(2)32-18)29(35)39-15-5-6-20-9-11-21(12-10-20)16-24-30-13-14-31-24/h4-14,17,27,32H,15-16H2,1-3H3,(H,30,31)/b6-5-. The molecule has 0 amide bonds. The van der Waals surface area contributed by atoms with Crippen LogP contribution in [0.3, 0.4) is 0 Å². The summed E-state index contributed by atoms with van der Waals surface area (Å²) in [7, 11) is 1.24. The van der Waals surface area contributed by atoms with E-state index >= 15 is 0 Å². The number of aromatic nitrogens is 2. The molecule has 1 aromatic heterocycles. The molecule has 2 heterocycles. The van der Waals surface area contributed by atoms with E-state index in [9.17, 15) is 19.7 Å². The third kappa shape index (κ3) is 6.30. The maximum atomic E-state index is 13.3. The van der Waals surface area contributed by atoms with Gasteiger partial charge in [0.1, 0.15) is 12.4 Å². The summed E-state index contributed by atoms with van der Waals surface area (Å²) in [5.74, 6) is -1.32. The number of hydrogen-bond acceptors (Lipinski definition) is 8. The zero-order valence-electron chi connectivity index (χ0n) is 21.8. The van der Waals surface area contributed by atoms with Crippen LogP contribution in [0.5, 0.6) is 0 Å². The number of carbonyl (C=O) groups is 2. The quantitative estimate of drug-likeness (QED) is 0.234. The summed E-state index contributed by atoms with van der Waals surface area (Å²) in [6.07, 6.45) is 7.76. The fourth-order valence-corrected chi connectivity index (χ4v) is 4.52. The molecule has 39 heavy (non-hydrogen) atoms. The van der Waals surface area contributed by atoms with E-state index in [0.717, 1.165) is 17.0 Å². The van der Waals surface area contributed by atoms with E-state index in [4.69, 9.17) is 9.47 Å². The maximum absolute atomic E-state index is 13.3. The van der Waals surface area contributed by atoms with Gasteiger partial charge in [0, 0.05) is 42.3 Å². The van der Waals surface area contributed by atoms with Gasteiger partial charge in [-0.3, -0.25) is 10.1 Å². The molecule has 2 aromatic carbocycles. The first kappa shape index (κ1) is 27.1. The van der Waals surface area contributed by atoms with Gasteiger partial charge < -0.3 is 19.8 Å². The summed E-state index contributed by atoms with van der Waals surface area (Å²) in [5.41, 5.74) is 3.62. The van der Waals surface area contributed by atoms with Gasteiger partial charge in [-0.15, -0.1) is 0 Å². The summed E-state index contributed by atoms with van der Waals surface area (Å²) in [5, 5.41) is 14.5. The predicted octanol–water partition coefficient (Wildman–Crippen LogP) is 4.57. The molecule has 1 atom stereocenters. The number of nitro groups is 1. The van der Waals surface area contributed by atoms with E-state index in [-0.39, 0.29) is 23.4 Å². The summed E-state index contributed by atoms with van der Waals surface area (Å²) in [6.45, 7) is 3.37. The number of aromatic amines is 1. The van der Waals surface area contributed by atoms with Crippen LogP contribution < -0.4 is 5.32 Å². The van der Waals surface area contributed by atoms with Crippen molar-refractivity contribution in [3.8, 4) is 0 Å². The Morgan fingerprint density at radius 2 is 1.79 bits per heavy atom. The van der Waals surface area contributed by atoms with Crippen LogP contribution in [0, 0.1) is 10.1 Å². The lowest BCUT2D eigenvalue weighted by Gasteiger charge is -2.30. The largest absolute Gasteiger partial charge is 0.466 e. The Morgan fingerprint density at radius 3 is 2.44 bits per heavy atom. The van der Waals surface area contributed by atoms with Crippen molar-refractivity contribution in [1.29, 1.82) is 0 Å². The summed E-state index contributed by atoms with van der Waals surface area (Å²) in [4.78, 5) is 44.2. The number of ether oxygens (including phenoxy) is 2. The van der Waals surface area contributed by atoms with Crippen LogP contribution >= 0.6 is 0 Å². The zero-order valence-corrected chi connectivity index (χ0v) is 21.8. The molecule has 10 heteroatoms. The number of esters is 2. The maximum Gasteiger partial charge on any atom is 0.337 e. The van der Waals surface area contributed by atoms with Crippen molar-refractivity contribution < 1.29 is 24.0 Å². The van der Waals surface area contributed by atoms with E-state index < -0.39 is 22.8 Å². The topological polar surface area (TPSA) is 136 Å². The average Bonchev–Trinajstić information content (AvgIpc) is 3.44. The van der Waals surface area contributed by atoms with Crippen molar-refractivity contribution in [2.24, 2.45) is 0 Å². The lowest BCUT2D eigenvalue weighted by atomic mass is 9.80. The van der Waals surface area contributed by atoms with Gasteiger partial charge in [0.15, 0.2) is 0 Å². The lowest BCUT2D eigenvalue weighted by Crippen LogP contribution is -2.32. The number of imidazole rings is 1. The molecule has 1 aliphatic heterocycles. The van der Waals surface area contributed by atoms with Crippen molar-refractivity contribution in [3.63, 3.8) is 0 Å². The molecule has 0 fully saturated rings. The van der Waals surface area contributed by atoms with E-state index in [1.807, 2.05) is 30.3 Å². The van der Waals surface area contributed by atoms with Crippen molar-refractivity contribution in [2.75, 3.05) is 13.7 Å². The Labute approximate surface area is 225 Å². The first-order valence-electron chi connectivity index (χ1n) is 12.2. The highest BCUT2D eigenvalue weighted by molar-refractivity contribution is 6.00. The number of rotatable bonds is 9. The molecule has 0 bridgehead atoms. The number of hydrogen-bond donors (Lipinski definition) is 2. The van der Waals surface area contributed by atoms with Crippen LogP contribution in [0.2, 0.25) is 0 Å². The van der Waals surface area contributed by atoms with Crippen LogP contribution in [0.15, 0.2) is 89.5 Å². The molecule has 1 unspecified atom stereocenters. The average molecular weight is 529 g/mol. The molecule has 0 aliphatic carbocycles. The van der Waals surface area contributed by atoms with Gasteiger partial charge in [-0.25, -0.2) is 14.6 Å². The molecule has 10 nitrogen and oxygen atoms in total. The monoisotopic (exact) mass is 528 g/mol. The molecular weight excluding hydrogens is 500 g/mol. The second kappa shape index (κ2) is 12.0. The Balaban J connectivity index is 1.51. The van der Waals surface area contributed by atoms with Crippen LogP contribution in [-0.4, -0.2) is 40.5 Å². The first-order valence-corrected chi connectivity index (χ1v) is 12.2. The second-order valence-corrected chi connectivity index (χ2v) is 8.93. The minimum atomic E-state index is -0.906. The lowest BCUT2D eigenvalue weighted by molar-refractivity contribution is -0.384. The summed E-state index contributed by atoms with van der Waals surface area (Å²) in [6, 6.07) is 13.8. The second-order valence-electron chi connectivity index (χ2n) is 8.93. The Hall–Kier alpha value is -4.99. The predicted molar refractivity (Wildman–Crippen MR) is 144 cm³/mol. The molecule has 4 rings (SSSR count). The third-order valence-corrected chi connectivity index (χ3v) is 6.33. The molecular formula is C29H28N4O6. The van der Waals surface area contributed by atoms with Gasteiger partial charge in [0.25, 0.3) is 5.69 Å². The smallest absolute Gasteiger partial charge is 0.337 e. The Kier molecular flexibility index (Phi) is 8.35. The molecule has 1 aliphatic rings. The number of nitro benzene ring substituents is 1. The summed E-state index contributed by atoms with van der Waals surface area (Å²) >= 11 is 0. The molecule has 0 saturated heterocycles. The Bertz CT molecular complexity index is 1470. The van der Waals surface area contributed by atoms with E-state index in [2.05, 4.69) is 15.3 Å². The molecule has 0 radical (unpaired) electrons. The normalized spacial score (nSPS) is 15.3. The van der Waals surface area contributed by atoms with Gasteiger partial charge in [-0.05, 0) is 36.6 Å². The van der Waals surface area contributed by atoms with Crippen molar-refractivity contribution >= 4 is 23.7 Å². The van der Waals surface area contributed by atoms with E-state index in [1.54, 1.807) is 38.4 Å². The third-order valence-electron chi connectivity index (χ3n) is 6.33. The summed E-state index contributed by atoms with van der Waals surface area (Å²) < 4.78 is 10.5. The first-order chi connectivity index (χ1) is 18.8. The van der Waals surface area contributed by atoms with Crippen molar-refractivity contribution in [1.82, 2.24) is 15.3 Å². The van der Waals surface area contributed by atoms with Crippen molar-refractivity contribution in [3.05, 3.63) is 122 Å². The highest BCUT2D eigenvalue weighted by Crippen LogP contribution is 2.40. The number of dihydropyridines is 1. The number of nitrogens with one attached hydrogen (secondary N) is 2. The fourth-order valence-electron chi connectivity index (χ4n) is 4.52. The molecule has 200 valence electrons. The number of methoxy groups -OCH3 is 1. The van der Waals surface area contributed by atoms with Crippen LogP contribution in [0.1, 0.15) is 42.3 Å². The van der Waals surface area contributed by atoms with Gasteiger partial charge >= 0.3 is 11.9 Å². The van der Waals surface area contributed by atoms with Gasteiger partial charge in [-0.1, -0.05) is 42.5 Å². The number of allylic oxidation sites excluding steroid dienone is 2. The Morgan fingerprint density at radius 1 is 1.08 bits per heavy atom. The molecule has 2 N–H and O–H groups in total. The minimum absolute atomic E-state index is 0.0122. The van der Waals surface area contributed by atoms with Gasteiger partial charge in [0.05, 0.1) is 29.1 Å². The molecule has 3 aromatic rings. The van der Waals surface area contributed by atoms with Crippen LogP contribution in [-0.2, 0) is 25.5 Å². The SMILES string of the molecule is COC(=O)C1=C(C)NC(C)=C(C(=O)OC/C=C\c2ccc(Cc3ncc[nH]3)cc2)C1c1cccc([N+](=O)[O-])c1. The van der Waals surface area contributed by atoms with Gasteiger partial charge in [0.2, 0.25) is 0 Å². The number of carbonyl (C=O) groups excluding carboxylic acids is 2. The highest BCUT2D eigenvalue weighted by Gasteiger charge is 2.38. The van der Waals surface area contributed by atoms with E-state index in [0.29, 0.717) is 23.4 Å². The zero-order chi connectivity index (χ0) is 27.9.